The van der Waals surface area contributed by atoms with Crippen LogP contribution in [-0.4, -0.2) is 29.8 Å². The molecule has 1 aliphatic heterocycles. The molecule has 1 heterocycles. The van der Waals surface area contributed by atoms with Gasteiger partial charge in [0.1, 0.15) is 6.10 Å². The summed E-state index contributed by atoms with van der Waals surface area (Å²) in [7, 11) is 0. The molecule has 1 aliphatic rings. The summed E-state index contributed by atoms with van der Waals surface area (Å²) >= 11 is 0. The van der Waals surface area contributed by atoms with Crippen molar-refractivity contribution in [2.45, 2.75) is 25.2 Å². The van der Waals surface area contributed by atoms with Crippen LogP contribution in [-0.2, 0) is 4.79 Å². The van der Waals surface area contributed by atoms with E-state index in [2.05, 4.69) is 5.32 Å². The highest BCUT2D eigenvalue weighted by atomic mass is 19.2. The Balaban J connectivity index is 1.61. The van der Waals surface area contributed by atoms with Crippen LogP contribution >= 0.6 is 0 Å². The molecule has 7 heteroatoms. The van der Waals surface area contributed by atoms with E-state index in [9.17, 15) is 18.7 Å². The highest BCUT2D eigenvalue weighted by molar-refractivity contribution is 5.82. The smallest absolute Gasteiger partial charge is 0.265 e. The zero-order chi connectivity index (χ0) is 18.0. The van der Waals surface area contributed by atoms with Gasteiger partial charge in [-0.05, 0) is 36.8 Å². The molecule has 3 unspecified atom stereocenters. The molecular weight excluding hydrogens is 332 g/mol. The zero-order valence-corrected chi connectivity index (χ0v) is 13.4. The van der Waals surface area contributed by atoms with E-state index in [1.807, 2.05) is 0 Å². The molecule has 3 atom stereocenters. The number of ether oxygens (including phenoxy) is 2. The van der Waals surface area contributed by atoms with Gasteiger partial charge in [-0.3, -0.25) is 4.79 Å². The van der Waals surface area contributed by atoms with Crippen molar-refractivity contribution < 1.29 is 28.2 Å². The fourth-order valence-electron chi connectivity index (χ4n) is 2.54. The molecule has 5 nitrogen and oxygen atoms in total. The molecule has 0 radical (unpaired) electrons. The monoisotopic (exact) mass is 349 g/mol. The van der Waals surface area contributed by atoms with Gasteiger partial charge in [0, 0.05) is 6.54 Å². The lowest BCUT2D eigenvalue weighted by Gasteiger charge is -2.31. The van der Waals surface area contributed by atoms with Gasteiger partial charge in [-0.15, -0.1) is 0 Å². The molecule has 2 aromatic carbocycles. The van der Waals surface area contributed by atoms with Crippen molar-refractivity contribution >= 4 is 5.91 Å². The highest BCUT2D eigenvalue weighted by Crippen LogP contribution is 2.33. The van der Waals surface area contributed by atoms with Gasteiger partial charge in [0.05, 0.1) is 6.10 Å². The van der Waals surface area contributed by atoms with Crippen molar-refractivity contribution in [3.63, 3.8) is 0 Å². The second kappa shape index (κ2) is 7.06. The maximum absolute atomic E-state index is 13.2. The summed E-state index contributed by atoms with van der Waals surface area (Å²) in [6.07, 6.45) is -2.58. The van der Waals surface area contributed by atoms with E-state index in [4.69, 9.17) is 9.47 Å². The van der Waals surface area contributed by atoms with E-state index in [1.165, 1.54) is 6.07 Å². The van der Waals surface area contributed by atoms with Gasteiger partial charge in [-0.25, -0.2) is 8.78 Å². The van der Waals surface area contributed by atoms with Crippen LogP contribution in [0.4, 0.5) is 8.78 Å². The Labute approximate surface area is 143 Å². The number of aliphatic hydroxyl groups is 1. The third-order valence-corrected chi connectivity index (χ3v) is 3.90. The van der Waals surface area contributed by atoms with Gasteiger partial charge in [0.2, 0.25) is 6.10 Å². The van der Waals surface area contributed by atoms with Crippen molar-refractivity contribution in [2.75, 3.05) is 6.54 Å². The lowest BCUT2D eigenvalue weighted by atomic mass is 10.1. The summed E-state index contributed by atoms with van der Waals surface area (Å²) in [5.41, 5.74) is 0.165. The normalized spacial score (nSPS) is 20.0. The first-order valence-electron chi connectivity index (χ1n) is 7.79. The van der Waals surface area contributed by atoms with Gasteiger partial charge in [0.25, 0.3) is 5.91 Å². The van der Waals surface area contributed by atoms with Crippen LogP contribution in [0.25, 0.3) is 0 Å². The molecule has 25 heavy (non-hydrogen) atoms. The van der Waals surface area contributed by atoms with E-state index < -0.39 is 35.9 Å². The lowest BCUT2D eigenvalue weighted by Crippen LogP contribution is -2.49. The van der Waals surface area contributed by atoms with E-state index in [0.717, 1.165) is 12.1 Å². The minimum absolute atomic E-state index is 0.165. The van der Waals surface area contributed by atoms with Crippen LogP contribution in [0.3, 0.4) is 0 Å². The largest absolute Gasteiger partial charge is 0.482 e. The van der Waals surface area contributed by atoms with Gasteiger partial charge in [0.15, 0.2) is 23.1 Å². The summed E-state index contributed by atoms with van der Waals surface area (Å²) in [5, 5.41) is 12.6. The van der Waals surface area contributed by atoms with Crippen molar-refractivity contribution in [2.24, 2.45) is 0 Å². The average Bonchev–Trinajstić information content (AvgIpc) is 2.61. The number of carbonyl (C=O) groups excluding carboxylic acids is 1. The first-order valence-corrected chi connectivity index (χ1v) is 7.79. The summed E-state index contributed by atoms with van der Waals surface area (Å²) in [6.45, 7) is 1.53. The van der Waals surface area contributed by atoms with E-state index >= 15 is 0 Å². The number of aliphatic hydroxyl groups excluding tert-OH is 1. The second-order valence-corrected chi connectivity index (χ2v) is 5.74. The number of nitrogens with one attached hydrogen (secondary N) is 1. The molecule has 2 N–H and O–H groups in total. The number of amides is 1. The molecule has 0 aliphatic carbocycles. The van der Waals surface area contributed by atoms with Crippen LogP contribution in [0.15, 0.2) is 42.5 Å². The third kappa shape index (κ3) is 3.71. The molecule has 1 amide bonds. The van der Waals surface area contributed by atoms with E-state index in [0.29, 0.717) is 11.5 Å². The van der Waals surface area contributed by atoms with Crippen LogP contribution < -0.4 is 14.8 Å². The molecule has 0 saturated carbocycles. The molecule has 0 spiro atoms. The molecule has 132 valence electrons. The average molecular weight is 349 g/mol. The highest BCUT2D eigenvalue weighted by Gasteiger charge is 2.34. The van der Waals surface area contributed by atoms with Crippen molar-refractivity contribution in [3.8, 4) is 11.5 Å². The minimum Gasteiger partial charge on any atom is -0.482 e. The Morgan fingerprint density at radius 1 is 1.16 bits per heavy atom. The Bertz CT molecular complexity index is 783. The standard InChI is InChI=1S/C18H17F2NO4/c1-10-17(25-16-5-3-2-4-15(16)24-10)18(23)21-9-14(22)11-6-7-12(19)13(20)8-11/h2-8,10,14,17,22H,9H2,1H3,(H,21,23). The number of hydrogen-bond acceptors (Lipinski definition) is 4. The van der Waals surface area contributed by atoms with Crippen LogP contribution in [0.1, 0.15) is 18.6 Å². The SMILES string of the molecule is CC1Oc2ccccc2OC1C(=O)NCC(O)c1ccc(F)c(F)c1. The number of para-hydroxylation sites is 2. The predicted molar refractivity (Wildman–Crippen MR) is 85.3 cm³/mol. The van der Waals surface area contributed by atoms with Crippen molar-refractivity contribution in [1.82, 2.24) is 5.32 Å². The summed E-state index contributed by atoms with van der Waals surface area (Å²) in [5.74, 6) is -1.51. The van der Waals surface area contributed by atoms with Gasteiger partial charge in [-0.2, -0.15) is 0 Å². The number of carbonyl (C=O) groups is 1. The summed E-state index contributed by atoms with van der Waals surface area (Å²) in [4.78, 5) is 12.3. The Hall–Kier alpha value is -2.67. The number of benzene rings is 2. The molecule has 0 saturated heterocycles. The number of rotatable bonds is 4. The number of halogens is 2. The Morgan fingerprint density at radius 3 is 2.52 bits per heavy atom. The molecule has 3 rings (SSSR count). The third-order valence-electron chi connectivity index (χ3n) is 3.90. The number of fused-ring (bicyclic) bond motifs is 1. The van der Waals surface area contributed by atoms with Gasteiger partial charge < -0.3 is 19.9 Å². The van der Waals surface area contributed by atoms with E-state index in [-0.39, 0.29) is 12.1 Å². The van der Waals surface area contributed by atoms with Crippen LogP contribution in [0, 0.1) is 11.6 Å². The Kier molecular flexibility index (Phi) is 4.85. The van der Waals surface area contributed by atoms with Crippen molar-refractivity contribution in [3.05, 3.63) is 59.7 Å². The first kappa shape index (κ1) is 17.2. The molecule has 2 aromatic rings. The van der Waals surface area contributed by atoms with Crippen LogP contribution in [0.2, 0.25) is 0 Å². The first-order chi connectivity index (χ1) is 12.0. The maximum atomic E-state index is 13.2. The summed E-state index contributed by atoms with van der Waals surface area (Å²) < 4.78 is 37.4. The van der Waals surface area contributed by atoms with Crippen molar-refractivity contribution in [1.29, 1.82) is 0 Å². The fourth-order valence-corrected chi connectivity index (χ4v) is 2.54. The molecular formula is C18H17F2NO4. The maximum Gasteiger partial charge on any atom is 0.265 e. The Morgan fingerprint density at radius 2 is 1.84 bits per heavy atom. The van der Waals surface area contributed by atoms with Crippen LogP contribution in [0.5, 0.6) is 11.5 Å². The molecule has 0 bridgehead atoms. The van der Waals surface area contributed by atoms with Gasteiger partial charge >= 0.3 is 0 Å². The predicted octanol–water partition coefficient (Wildman–Crippen LogP) is 2.34. The second-order valence-electron chi connectivity index (χ2n) is 5.74. The molecule has 0 aromatic heterocycles. The summed E-state index contributed by atoms with van der Waals surface area (Å²) in [6, 6.07) is 10.1. The lowest BCUT2D eigenvalue weighted by molar-refractivity contribution is -0.133. The van der Waals surface area contributed by atoms with Gasteiger partial charge in [-0.1, -0.05) is 18.2 Å². The minimum atomic E-state index is -1.17. The molecule has 0 fully saturated rings. The zero-order valence-electron chi connectivity index (χ0n) is 13.4. The van der Waals surface area contributed by atoms with E-state index in [1.54, 1.807) is 31.2 Å². The topological polar surface area (TPSA) is 67.8 Å². The quantitative estimate of drug-likeness (QED) is 0.889. The fraction of sp³-hybridized carbons (Fsp3) is 0.278. The number of hydrogen-bond donors (Lipinski definition) is 2.